The summed E-state index contributed by atoms with van der Waals surface area (Å²) >= 11 is 0. The molecule has 0 saturated carbocycles. The fraction of sp³-hybridized carbons (Fsp3) is 0.385. The van der Waals surface area contributed by atoms with E-state index in [9.17, 15) is 9.90 Å². The lowest BCUT2D eigenvalue weighted by atomic mass is 10.1. The second-order valence-corrected chi connectivity index (χ2v) is 4.71. The Morgan fingerprint density at radius 3 is 2.80 bits per heavy atom. The van der Waals surface area contributed by atoms with Crippen LogP contribution in [0.3, 0.4) is 0 Å². The standard InChI is InChI=1S/C13H17N5O2/c1-8(7-18-6-4-5-14-18)15-12-11(13(19)20)9(2)10(3)16-17-12/h4-6,8H,7H2,1-3H3,(H,15,17)(H,19,20). The van der Waals surface area contributed by atoms with E-state index in [1.165, 1.54) is 0 Å². The fourth-order valence-corrected chi connectivity index (χ4v) is 1.94. The number of nitrogens with one attached hydrogen (secondary N) is 1. The molecule has 0 fully saturated rings. The third kappa shape index (κ3) is 2.93. The molecule has 0 aliphatic rings. The molecule has 2 N–H and O–H groups in total. The largest absolute Gasteiger partial charge is 0.478 e. The predicted octanol–water partition coefficient (Wildman–Crippen LogP) is 1.49. The van der Waals surface area contributed by atoms with Crippen molar-refractivity contribution in [2.75, 3.05) is 5.32 Å². The topological polar surface area (TPSA) is 92.9 Å². The molecule has 2 aromatic heterocycles. The summed E-state index contributed by atoms with van der Waals surface area (Å²) in [5.41, 5.74) is 1.42. The minimum Gasteiger partial charge on any atom is -0.478 e. The van der Waals surface area contributed by atoms with Gasteiger partial charge in [-0.25, -0.2) is 4.79 Å². The van der Waals surface area contributed by atoms with E-state index in [-0.39, 0.29) is 11.6 Å². The number of hydrogen-bond donors (Lipinski definition) is 2. The molecule has 0 spiro atoms. The lowest BCUT2D eigenvalue weighted by Gasteiger charge is -2.17. The zero-order valence-corrected chi connectivity index (χ0v) is 11.7. The minimum atomic E-state index is -1.01. The molecule has 20 heavy (non-hydrogen) atoms. The summed E-state index contributed by atoms with van der Waals surface area (Å²) in [7, 11) is 0. The van der Waals surface area contributed by atoms with Gasteiger partial charge in [0.25, 0.3) is 0 Å². The zero-order valence-electron chi connectivity index (χ0n) is 11.7. The van der Waals surface area contributed by atoms with E-state index >= 15 is 0 Å². The molecule has 2 aromatic rings. The molecular formula is C13H17N5O2. The van der Waals surface area contributed by atoms with Crippen LogP contribution >= 0.6 is 0 Å². The van der Waals surface area contributed by atoms with Crippen LogP contribution in [0.1, 0.15) is 28.5 Å². The van der Waals surface area contributed by atoms with Gasteiger partial charge in [0.1, 0.15) is 5.56 Å². The number of aromatic carboxylic acids is 1. The van der Waals surface area contributed by atoms with Crippen LogP contribution < -0.4 is 5.32 Å². The van der Waals surface area contributed by atoms with Gasteiger partial charge >= 0.3 is 5.97 Å². The van der Waals surface area contributed by atoms with Crippen molar-refractivity contribution in [3.63, 3.8) is 0 Å². The number of carboxylic acid groups (broad SMARTS) is 1. The Kier molecular flexibility index (Phi) is 3.97. The summed E-state index contributed by atoms with van der Waals surface area (Å²) in [4.78, 5) is 11.4. The van der Waals surface area contributed by atoms with E-state index in [1.54, 1.807) is 24.7 Å². The van der Waals surface area contributed by atoms with Crippen molar-refractivity contribution in [3.8, 4) is 0 Å². The molecular weight excluding hydrogens is 258 g/mol. The fourth-order valence-electron chi connectivity index (χ4n) is 1.94. The number of carboxylic acids is 1. The van der Waals surface area contributed by atoms with E-state index in [2.05, 4.69) is 20.6 Å². The molecule has 7 heteroatoms. The smallest absolute Gasteiger partial charge is 0.339 e. The Balaban J connectivity index is 2.20. The minimum absolute atomic E-state index is 0.0237. The molecule has 0 aliphatic carbocycles. The van der Waals surface area contributed by atoms with Gasteiger partial charge in [-0.3, -0.25) is 4.68 Å². The molecule has 0 bridgehead atoms. The van der Waals surface area contributed by atoms with Gasteiger partial charge < -0.3 is 10.4 Å². The second-order valence-electron chi connectivity index (χ2n) is 4.71. The average Bonchev–Trinajstić information content (AvgIpc) is 2.86. The molecule has 0 radical (unpaired) electrons. The summed E-state index contributed by atoms with van der Waals surface area (Å²) in [6.45, 7) is 6.02. The number of aryl methyl sites for hydroxylation is 1. The van der Waals surface area contributed by atoms with Crippen LogP contribution in [0.4, 0.5) is 5.82 Å². The van der Waals surface area contributed by atoms with Gasteiger partial charge in [-0.15, -0.1) is 5.10 Å². The van der Waals surface area contributed by atoms with Crippen molar-refractivity contribution in [3.05, 3.63) is 35.3 Å². The van der Waals surface area contributed by atoms with Gasteiger partial charge in [0.2, 0.25) is 0 Å². The van der Waals surface area contributed by atoms with Crippen LogP contribution in [0, 0.1) is 13.8 Å². The number of aromatic nitrogens is 4. The van der Waals surface area contributed by atoms with Gasteiger partial charge in [0.05, 0.1) is 12.2 Å². The summed E-state index contributed by atoms with van der Waals surface area (Å²) in [5.74, 6) is -0.713. The number of rotatable bonds is 5. The first kappa shape index (κ1) is 14.0. The maximum absolute atomic E-state index is 11.4. The van der Waals surface area contributed by atoms with E-state index in [4.69, 9.17) is 0 Å². The highest BCUT2D eigenvalue weighted by Gasteiger charge is 2.19. The molecule has 2 rings (SSSR count). The molecule has 0 amide bonds. The van der Waals surface area contributed by atoms with Crippen LogP contribution in [0.2, 0.25) is 0 Å². The molecule has 106 valence electrons. The quantitative estimate of drug-likeness (QED) is 0.858. The van der Waals surface area contributed by atoms with E-state index in [0.717, 1.165) is 0 Å². The summed E-state index contributed by atoms with van der Waals surface area (Å²) in [5, 5.41) is 24.4. The lowest BCUT2D eigenvalue weighted by molar-refractivity contribution is 0.0696. The third-order valence-corrected chi connectivity index (χ3v) is 3.07. The summed E-state index contributed by atoms with van der Waals surface area (Å²) in [6, 6.07) is 1.81. The molecule has 1 unspecified atom stereocenters. The third-order valence-electron chi connectivity index (χ3n) is 3.07. The monoisotopic (exact) mass is 275 g/mol. The summed E-state index contributed by atoms with van der Waals surface area (Å²) in [6.07, 6.45) is 3.55. The van der Waals surface area contributed by atoms with Crippen LogP contribution in [0.5, 0.6) is 0 Å². The van der Waals surface area contributed by atoms with Gasteiger partial charge in [0.15, 0.2) is 5.82 Å². The first-order chi connectivity index (χ1) is 9.49. The normalized spacial score (nSPS) is 12.2. The Hall–Kier alpha value is -2.44. The first-order valence-corrected chi connectivity index (χ1v) is 6.30. The Morgan fingerprint density at radius 2 is 2.20 bits per heavy atom. The van der Waals surface area contributed by atoms with Crippen molar-refractivity contribution in [1.82, 2.24) is 20.0 Å². The van der Waals surface area contributed by atoms with Crippen LogP contribution in [-0.2, 0) is 6.54 Å². The Bertz CT molecular complexity index is 609. The maximum atomic E-state index is 11.4. The zero-order chi connectivity index (χ0) is 14.7. The molecule has 0 aliphatic heterocycles. The molecule has 0 saturated heterocycles. The van der Waals surface area contributed by atoms with Crippen molar-refractivity contribution in [2.24, 2.45) is 0 Å². The highest BCUT2D eigenvalue weighted by molar-refractivity contribution is 5.94. The second kappa shape index (κ2) is 5.68. The predicted molar refractivity (Wildman–Crippen MR) is 73.8 cm³/mol. The van der Waals surface area contributed by atoms with Gasteiger partial charge in [-0.1, -0.05) is 0 Å². The first-order valence-electron chi connectivity index (χ1n) is 6.30. The lowest BCUT2D eigenvalue weighted by Crippen LogP contribution is -2.25. The number of anilines is 1. The van der Waals surface area contributed by atoms with Gasteiger partial charge in [0, 0.05) is 18.4 Å². The highest BCUT2D eigenvalue weighted by Crippen LogP contribution is 2.19. The van der Waals surface area contributed by atoms with Crippen LogP contribution in [0.25, 0.3) is 0 Å². The van der Waals surface area contributed by atoms with Crippen LogP contribution in [0.15, 0.2) is 18.5 Å². The van der Waals surface area contributed by atoms with Gasteiger partial charge in [-0.05, 0) is 32.4 Å². The van der Waals surface area contributed by atoms with Crippen molar-refractivity contribution < 1.29 is 9.90 Å². The molecule has 0 aromatic carbocycles. The van der Waals surface area contributed by atoms with Crippen LogP contribution in [-0.4, -0.2) is 37.1 Å². The number of hydrogen-bond acceptors (Lipinski definition) is 5. The van der Waals surface area contributed by atoms with Crippen molar-refractivity contribution in [1.29, 1.82) is 0 Å². The van der Waals surface area contributed by atoms with E-state index in [0.29, 0.717) is 23.6 Å². The van der Waals surface area contributed by atoms with E-state index < -0.39 is 5.97 Å². The maximum Gasteiger partial charge on any atom is 0.339 e. The van der Waals surface area contributed by atoms with Crippen molar-refractivity contribution >= 4 is 11.8 Å². The van der Waals surface area contributed by atoms with E-state index in [1.807, 2.05) is 19.2 Å². The molecule has 2 heterocycles. The highest BCUT2D eigenvalue weighted by atomic mass is 16.4. The molecule has 1 atom stereocenters. The number of carbonyl (C=O) groups is 1. The van der Waals surface area contributed by atoms with Gasteiger partial charge in [-0.2, -0.15) is 10.2 Å². The van der Waals surface area contributed by atoms with Crippen molar-refractivity contribution in [2.45, 2.75) is 33.4 Å². The number of nitrogens with zero attached hydrogens (tertiary/aromatic N) is 4. The Morgan fingerprint density at radius 1 is 1.45 bits per heavy atom. The SMILES string of the molecule is Cc1nnc(NC(C)Cn2cccn2)c(C(=O)O)c1C. The average molecular weight is 275 g/mol. The summed E-state index contributed by atoms with van der Waals surface area (Å²) < 4.78 is 1.77. The molecule has 7 nitrogen and oxygen atoms in total. The Labute approximate surface area is 116 Å².